The van der Waals surface area contributed by atoms with E-state index in [0.717, 1.165) is 12.0 Å². The van der Waals surface area contributed by atoms with Crippen molar-refractivity contribution in [3.63, 3.8) is 0 Å². The van der Waals surface area contributed by atoms with Gasteiger partial charge in [0.25, 0.3) is 0 Å². The minimum absolute atomic E-state index is 0.226. The minimum atomic E-state index is 0.226. The van der Waals surface area contributed by atoms with Crippen LogP contribution < -0.4 is 0 Å². The van der Waals surface area contributed by atoms with Crippen LogP contribution in [0.15, 0.2) is 24.0 Å². The number of ketones is 1. The highest BCUT2D eigenvalue weighted by molar-refractivity contribution is 5.91. The van der Waals surface area contributed by atoms with Crippen molar-refractivity contribution in [1.82, 2.24) is 0 Å². The van der Waals surface area contributed by atoms with Crippen molar-refractivity contribution < 1.29 is 9.53 Å². The van der Waals surface area contributed by atoms with Crippen molar-refractivity contribution in [2.24, 2.45) is 5.92 Å². The summed E-state index contributed by atoms with van der Waals surface area (Å²) in [6.07, 6.45) is 6.83. The summed E-state index contributed by atoms with van der Waals surface area (Å²) in [5, 5.41) is 0. The van der Waals surface area contributed by atoms with Crippen molar-refractivity contribution in [3.8, 4) is 0 Å². The summed E-state index contributed by atoms with van der Waals surface area (Å²) in [6.45, 7) is 2.09. The number of carbonyl (C=O) groups is 1. The van der Waals surface area contributed by atoms with Crippen LogP contribution >= 0.6 is 0 Å². The molecule has 1 unspecified atom stereocenters. The van der Waals surface area contributed by atoms with E-state index in [1.807, 2.05) is 6.08 Å². The number of hydrogen-bond acceptors (Lipinski definition) is 2. The van der Waals surface area contributed by atoms with Crippen LogP contribution in [0, 0.1) is 5.92 Å². The van der Waals surface area contributed by atoms with Crippen LogP contribution in [0.25, 0.3) is 0 Å². The van der Waals surface area contributed by atoms with Crippen LogP contribution in [0.1, 0.15) is 19.8 Å². The maximum atomic E-state index is 11.1. The SMILES string of the molecule is CO/C=C/C1=CC(=O)CC(C)C1. The zero-order chi connectivity index (χ0) is 8.97. The lowest BCUT2D eigenvalue weighted by Gasteiger charge is -2.15. The van der Waals surface area contributed by atoms with Gasteiger partial charge in [-0.2, -0.15) is 0 Å². The lowest BCUT2D eigenvalue weighted by molar-refractivity contribution is -0.115. The molecule has 2 nitrogen and oxygen atoms in total. The van der Waals surface area contributed by atoms with Gasteiger partial charge in [-0.1, -0.05) is 6.92 Å². The van der Waals surface area contributed by atoms with Gasteiger partial charge in [-0.25, -0.2) is 0 Å². The molecule has 0 fully saturated rings. The highest BCUT2D eigenvalue weighted by atomic mass is 16.5. The fraction of sp³-hybridized carbons (Fsp3) is 0.500. The Morgan fingerprint density at radius 3 is 2.92 bits per heavy atom. The molecule has 2 heteroatoms. The molecule has 0 saturated heterocycles. The predicted octanol–water partition coefficient (Wildman–Crippen LogP) is 2.07. The molecule has 66 valence electrons. The van der Waals surface area contributed by atoms with Gasteiger partial charge >= 0.3 is 0 Å². The molecular weight excluding hydrogens is 152 g/mol. The average molecular weight is 166 g/mol. The fourth-order valence-electron chi connectivity index (χ4n) is 1.41. The molecular formula is C10H14O2. The Labute approximate surface area is 72.9 Å². The van der Waals surface area contributed by atoms with E-state index >= 15 is 0 Å². The number of rotatable bonds is 2. The molecule has 12 heavy (non-hydrogen) atoms. The Hall–Kier alpha value is -1.05. The van der Waals surface area contributed by atoms with Gasteiger partial charge in [-0.15, -0.1) is 0 Å². The van der Waals surface area contributed by atoms with Gasteiger partial charge in [0.05, 0.1) is 13.4 Å². The van der Waals surface area contributed by atoms with Crippen molar-refractivity contribution >= 4 is 5.78 Å². The summed E-state index contributed by atoms with van der Waals surface area (Å²) in [5.74, 6) is 0.698. The van der Waals surface area contributed by atoms with Crippen molar-refractivity contribution in [1.29, 1.82) is 0 Å². The van der Waals surface area contributed by atoms with E-state index < -0.39 is 0 Å². The summed E-state index contributed by atoms with van der Waals surface area (Å²) in [4.78, 5) is 11.1. The third-order valence-corrected chi connectivity index (χ3v) is 1.90. The van der Waals surface area contributed by atoms with Crippen LogP contribution in [0.5, 0.6) is 0 Å². The third-order valence-electron chi connectivity index (χ3n) is 1.90. The number of ether oxygens (including phenoxy) is 1. The fourth-order valence-corrected chi connectivity index (χ4v) is 1.41. The van der Waals surface area contributed by atoms with E-state index in [4.69, 9.17) is 4.74 Å². The van der Waals surface area contributed by atoms with E-state index in [2.05, 4.69) is 6.92 Å². The topological polar surface area (TPSA) is 26.3 Å². The molecule has 0 saturated carbocycles. The average Bonchev–Trinajstić information content (AvgIpc) is 1.99. The molecule has 0 radical (unpaired) electrons. The third kappa shape index (κ3) is 2.53. The Kier molecular flexibility index (Phi) is 3.09. The first-order chi connectivity index (χ1) is 5.72. The number of hydrogen-bond donors (Lipinski definition) is 0. The van der Waals surface area contributed by atoms with Gasteiger partial charge in [0, 0.05) is 6.42 Å². The molecule has 0 aromatic carbocycles. The van der Waals surface area contributed by atoms with Crippen molar-refractivity contribution in [3.05, 3.63) is 24.0 Å². The largest absolute Gasteiger partial charge is 0.504 e. The number of methoxy groups -OCH3 is 1. The normalized spacial score (nSPS) is 24.3. The van der Waals surface area contributed by atoms with E-state index in [1.165, 1.54) is 0 Å². The lowest BCUT2D eigenvalue weighted by atomic mass is 9.90. The zero-order valence-corrected chi connectivity index (χ0v) is 7.54. The molecule has 0 aromatic rings. The molecule has 0 aromatic heterocycles. The van der Waals surface area contributed by atoms with Crippen molar-refractivity contribution in [2.45, 2.75) is 19.8 Å². The molecule has 1 rings (SSSR count). The van der Waals surface area contributed by atoms with Crippen LogP contribution in [-0.4, -0.2) is 12.9 Å². The summed E-state index contributed by atoms with van der Waals surface area (Å²) in [7, 11) is 1.60. The Bertz CT molecular complexity index is 226. The predicted molar refractivity (Wildman–Crippen MR) is 47.6 cm³/mol. The molecule has 0 N–H and O–H groups in total. The summed E-state index contributed by atoms with van der Waals surface area (Å²) in [5.41, 5.74) is 1.07. The second kappa shape index (κ2) is 4.10. The quantitative estimate of drug-likeness (QED) is 0.587. The summed E-state index contributed by atoms with van der Waals surface area (Å²) < 4.78 is 4.78. The monoisotopic (exact) mass is 166 g/mol. The maximum absolute atomic E-state index is 11.1. The Morgan fingerprint density at radius 2 is 2.33 bits per heavy atom. The molecule has 0 heterocycles. The standard InChI is InChI=1S/C10H14O2/c1-8-5-9(3-4-12-2)7-10(11)6-8/h3-4,7-8H,5-6H2,1-2H3/b4-3+. The molecule has 0 spiro atoms. The van der Waals surface area contributed by atoms with Gasteiger partial charge in [-0.05, 0) is 30.1 Å². The van der Waals surface area contributed by atoms with Crippen LogP contribution in [0.2, 0.25) is 0 Å². The van der Waals surface area contributed by atoms with Crippen LogP contribution in [0.4, 0.5) is 0 Å². The van der Waals surface area contributed by atoms with Crippen LogP contribution in [-0.2, 0) is 9.53 Å². The summed E-state index contributed by atoms with van der Waals surface area (Å²) in [6, 6.07) is 0. The van der Waals surface area contributed by atoms with Gasteiger partial charge in [0.1, 0.15) is 0 Å². The first kappa shape index (κ1) is 9.04. The molecule has 1 aliphatic rings. The Balaban J connectivity index is 2.63. The first-order valence-corrected chi connectivity index (χ1v) is 4.15. The first-order valence-electron chi connectivity index (χ1n) is 4.15. The zero-order valence-electron chi connectivity index (χ0n) is 7.54. The van der Waals surface area contributed by atoms with E-state index in [9.17, 15) is 4.79 Å². The van der Waals surface area contributed by atoms with E-state index in [-0.39, 0.29) is 5.78 Å². The van der Waals surface area contributed by atoms with Gasteiger partial charge in [0.2, 0.25) is 0 Å². The smallest absolute Gasteiger partial charge is 0.156 e. The summed E-state index contributed by atoms with van der Waals surface area (Å²) >= 11 is 0. The van der Waals surface area contributed by atoms with Crippen LogP contribution in [0.3, 0.4) is 0 Å². The second-order valence-corrected chi connectivity index (χ2v) is 3.24. The number of allylic oxidation sites excluding steroid dienone is 3. The van der Waals surface area contributed by atoms with Crippen molar-refractivity contribution in [2.75, 3.05) is 7.11 Å². The van der Waals surface area contributed by atoms with E-state index in [1.54, 1.807) is 19.4 Å². The van der Waals surface area contributed by atoms with Gasteiger partial charge in [0.15, 0.2) is 5.78 Å². The molecule has 0 aliphatic heterocycles. The van der Waals surface area contributed by atoms with Gasteiger partial charge < -0.3 is 4.74 Å². The molecule has 0 bridgehead atoms. The molecule has 0 amide bonds. The minimum Gasteiger partial charge on any atom is -0.504 e. The second-order valence-electron chi connectivity index (χ2n) is 3.24. The Morgan fingerprint density at radius 1 is 1.58 bits per heavy atom. The highest BCUT2D eigenvalue weighted by Crippen LogP contribution is 2.21. The van der Waals surface area contributed by atoms with E-state index in [0.29, 0.717) is 12.3 Å². The molecule has 1 aliphatic carbocycles. The highest BCUT2D eigenvalue weighted by Gasteiger charge is 2.14. The van der Waals surface area contributed by atoms with Gasteiger partial charge in [-0.3, -0.25) is 4.79 Å². The maximum Gasteiger partial charge on any atom is 0.156 e. The lowest BCUT2D eigenvalue weighted by Crippen LogP contribution is -2.10. The number of carbonyl (C=O) groups excluding carboxylic acids is 1. The molecule has 1 atom stereocenters.